The maximum atomic E-state index is 12.6. The fraction of sp³-hybridized carbons (Fsp3) is 0.350. The Labute approximate surface area is 163 Å². The van der Waals surface area contributed by atoms with Gasteiger partial charge in [-0.15, -0.1) is 0 Å². The van der Waals surface area contributed by atoms with Crippen LogP contribution in [-0.2, 0) is 13.1 Å². The van der Waals surface area contributed by atoms with E-state index in [1.807, 2.05) is 25.1 Å². The molecule has 0 unspecified atom stereocenters. The molecule has 6 nitrogen and oxygen atoms in total. The first-order valence-electron chi connectivity index (χ1n) is 8.66. The first kappa shape index (κ1) is 21.3. The zero-order valence-corrected chi connectivity index (χ0v) is 16.4. The van der Waals surface area contributed by atoms with Crippen LogP contribution in [0.4, 0.5) is 8.78 Å². The molecule has 2 aromatic rings. The second-order valence-electron chi connectivity index (χ2n) is 5.99. The van der Waals surface area contributed by atoms with E-state index in [0.717, 1.165) is 16.9 Å². The molecule has 152 valence electrons. The molecule has 0 spiro atoms. The minimum absolute atomic E-state index is 0.0853. The lowest BCUT2D eigenvalue weighted by molar-refractivity contribution is -0.0504. The fourth-order valence-corrected chi connectivity index (χ4v) is 2.66. The van der Waals surface area contributed by atoms with Gasteiger partial charge in [-0.05, 0) is 48.4 Å². The standard InChI is InChI=1S/C20H25F2N3O3/c1-13-7-14(9-17(8-13)27-4)11-24-20(23-2)25-12-15-10-16(26-3)5-6-18(15)28-19(21)22/h5-10,19H,11-12H2,1-4H3,(H2,23,24,25). The first-order valence-corrected chi connectivity index (χ1v) is 8.66. The van der Waals surface area contributed by atoms with Crippen LogP contribution in [0, 0.1) is 6.92 Å². The van der Waals surface area contributed by atoms with Gasteiger partial charge in [0.2, 0.25) is 0 Å². The molecule has 0 amide bonds. The summed E-state index contributed by atoms with van der Waals surface area (Å²) in [6.45, 7) is -0.153. The van der Waals surface area contributed by atoms with Crippen molar-refractivity contribution >= 4 is 5.96 Å². The van der Waals surface area contributed by atoms with Gasteiger partial charge in [0.15, 0.2) is 5.96 Å². The first-order chi connectivity index (χ1) is 13.4. The van der Waals surface area contributed by atoms with E-state index in [9.17, 15) is 8.78 Å². The Morgan fingerprint density at radius 3 is 2.36 bits per heavy atom. The smallest absolute Gasteiger partial charge is 0.387 e. The van der Waals surface area contributed by atoms with Crippen LogP contribution < -0.4 is 24.8 Å². The van der Waals surface area contributed by atoms with Crippen molar-refractivity contribution in [1.29, 1.82) is 0 Å². The summed E-state index contributed by atoms with van der Waals surface area (Å²) in [5.74, 6) is 1.94. The molecule has 0 radical (unpaired) electrons. The lowest BCUT2D eigenvalue weighted by Crippen LogP contribution is -2.36. The molecular weight excluding hydrogens is 368 g/mol. The molecule has 0 saturated heterocycles. The van der Waals surface area contributed by atoms with Crippen LogP contribution in [0.2, 0.25) is 0 Å². The second-order valence-corrected chi connectivity index (χ2v) is 5.99. The summed E-state index contributed by atoms with van der Waals surface area (Å²) in [7, 11) is 4.77. The van der Waals surface area contributed by atoms with Crippen LogP contribution in [-0.4, -0.2) is 33.8 Å². The van der Waals surface area contributed by atoms with Gasteiger partial charge in [-0.3, -0.25) is 4.99 Å². The molecule has 0 fully saturated rings. The normalized spacial score (nSPS) is 11.3. The van der Waals surface area contributed by atoms with Crippen LogP contribution in [0.25, 0.3) is 0 Å². The number of aliphatic imine (C=N–C) groups is 1. The predicted octanol–water partition coefficient (Wildman–Crippen LogP) is 3.48. The molecule has 0 saturated carbocycles. The molecule has 0 heterocycles. The number of halogens is 2. The Bertz CT molecular complexity index is 813. The van der Waals surface area contributed by atoms with Gasteiger partial charge in [0.25, 0.3) is 0 Å². The van der Waals surface area contributed by atoms with Gasteiger partial charge in [0.1, 0.15) is 17.2 Å². The average molecular weight is 393 g/mol. The lowest BCUT2D eigenvalue weighted by atomic mass is 10.1. The highest BCUT2D eigenvalue weighted by Gasteiger charge is 2.12. The highest BCUT2D eigenvalue weighted by molar-refractivity contribution is 5.79. The second kappa shape index (κ2) is 10.3. The fourth-order valence-electron chi connectivity index (χ4n) is 2.66. The van der Waals surface area contributed by atoms with Crippen molar-refractivity contribution in [3.05, 3.63) is 53.1 Å². The zero-order chi connectivity index (χ0) is 20.5. The van der Waals surface area contributed by atoms with E-state index in [4.69, 9.17) is 9.47 Å². The van der Waals surface area contributed by atoms with Gasteiger partial charge in [-0.1, -0.05) is 6.07 Å². The van der Waals surface area contributed by atoms with Gasteiger partial charge >= 0.3 is 6.61 Å². The minimum Gasteiger partial charge on any atom is -0.497 e. The van der Waals surface area contributed by atoms with Gasteiger partial charge in [0.05, 0.1) is 14.2 Å². The third-order valence-corrected chi connectivity index (χ3v) is 3.96. The summed E-state index contributed by atoms with van der Waals surface area (Å²) < 4.78 is 40.3. The quantitative estimate of drug-likeness (QED) is 0.531. The number of guanidine groups is 1. The van der Waals surface area contributed by atoms with Gasteiger partial charge in [-0.25, -0.2) is 0 Å². The minimum atomic E-state index is -2.90. The number of hydrogen-bond donors (Lipinski definition) is 2. The van der Waals surface area contributed by atoms with Crippen LogP contribution in [0.15, 0.2) is 41.4 Å². The summed E-state index contributed by atoms with van der Waals surface area (Å²) >= 11 is 0. The summed E-state index contributed by atoms with van der Waals surface area (Å²) in [6.07, 6.45) is 0. The molecule has 0 aliphatic heterocycles. The van der Waals surface area contributed by atoms with Crippen LogP contribution in [0.3, 0.4) is 0 Å². The Morgan fingerprint density at radius 2 is 1.71 bits per heavy atom. The maximum absolute atomic E-state index is 12.6. The van der Waals surface area contributed by atoms with Crippen molar-refractivity contribution in [2.45, 2.75) is 26.6 Å². The van der Waals surface area contributed by atoms with Crippen molar-refractivity contribution in [3.8, 4) is 17.2 Å². The zero-order valence-electron chi connectivity index (χ0n) is 16.4. The van der Waals surface area contributed by atoms with E-state index in [2.05, 4.69) is 20.4 Å². The van der Waals surface area contributed by atoms with Crippen LogP contribution in [0.5, 0.6) is 17.2 Å². The third-order valence-electron chi connectivity index (χ3n) is 3.96. The SMILES string of the molecule is CN=C(NCc1cc(C)cc(OC)c1)NCc1cc(OC)ccc1OC(F)F. The molecule has 0 atom stereocenters. The number of alkyl halides is 2. The Balaban J connectivity index is 2.03. The largest absolute Gasteiger partial charge is 0.497 e. The molecule has 2 N–H and O–H groups in total. The number of rotatable bonds is 8. The van der Waals surface area contributed by atoms with E-state index in [1.54, 1.807) is 26.3 Å². The summed E-state index contributed by atoms with van der Waals surface area (Å²) in [5, 5.41) is 6.28. The van der Waals surface area contributed by atoms with Crippen molar-refractivity contribution in [2.24, 2.45) is 4.99 Å². The number of methoxy groups -OCH3 is 2. The number of nitrogens with zero attached hydrogens (tertiary/aromatic N) is 1. The highest BCUT2D eigenvalue weighted by Crippen LogP contribution is 2.25. The number of hydrogen-bond acceptors (Lipinski definition) is 4. The van der Waals surface area contributed by atoms with E-state index in [-0.39, 0.29) is 12.3 Å². The molecule has 0 aromatic heterocycles. The lowest BCUT2D eigenvalue weighted by Gasteiger charge is -2.16. The number of ether oxygens (including phenoxy) is 3. The third kappa shape index (κ3) is 6.29. The van der Waals surface area contributed by atoms with Crippen molar-refractivity contribution < 1.29 is 23.0 Å². The van der Waals surface area contributed by atoms with Crippen LogP contribution in [0.1, 0.15) is 16.7 Å². The molecule has 2 rings (SSSR count). The number of aryl methyl sites for hydroxylation is 1. The highest BCUT2D eigenvalue weighted by atomic mass is 19.3. The van der Waals surface area contributed by atoms with Crippen molar-refractivity contribution in [3.63, 3.8) is 0 Å². The molecular formula is C20H25F2N3O3. The summed E-state index contributed by atoms with van der Waals surface area (Å²) in [6, 6.07) is 10.6. The van der Waals surface area contributed by atoms with Crippen LogP contribution >= 0.6 is 0 Å². The number of nitrogens with one attached hydrogen (secondary N) is 2. The summed E-state index contributed by atoms with van der Waals surface area (Å²) in [4.78, 5) is 4.16. The monoisotopic (exact) mass is 393 g/mol. The van der Waals surface area contributed by atoms with Gasteiger partial charge < -0.3 is 24.8 Å². The van der Waals surface area contributed by atoms with Gasteiger partial charge in [-0.2, -0.15) is 8.78 Å². The molecule has 28 heavy (non-hydrogen) atoms. The number of benzene rings is 2. The Morgan fingerprint density at radius 1 is 1.00 bits per heavy atom. The summed E-state index contributed by atoms with van der Waals surface area (Å²) in [5.41, 5.74) is 2.65. The molecule has 0 aliphatic rings. The molecule has 0 bridgehead atoms. The van der Waals surface area contributed by atoms with E-state index in [1.165, 1.54) is 13.2 Å². The maximum Gasteiger partial charge on any atom is 0.387 e. The Kier molecular flexibility index (Phi) is 7.86. The van der Waals surface area contributed by atoms with E-state index >= 15 is 0 Å². The van der Waals surface area contributed by atoms with E-state index in [0.29, 0.717) is 23.8 Å². The van der Waals surface area contributed by atoms with Crippen molar-refractivity contribution in [2.75, 3.05) is 21.3 Å². The van der Waals surface area contributed by atoms with E-state index < -0.39 is 6.61 Å². The average Bonchev–Trinajstić information content (AvgIpc) is 2.68. The molecule has 0 aliphatic carbocycles. The Hall–Kier alpha value is -3.03. The molecule has 2 aromatic carbocycles. The van der Waals surface area contributed by atoms with Crippen molar-refractivity contribution in [1.82, 2.24) is 10.6 Å². The molecule has 8 heteroatoms. The topological polar surface area (TPSA) is 64.1 Å². The predicted molar refractivity (Wildman–Crippen MR) is 104 cm³/mol. The van der Waals surface area contributed by atoms with Gasteiger partial charge in [0, 0.05) is 25.7 Å².